The lowest BCUT2D eigenvalue weighted by atomic mass is 10.0. The fourth-order valence-electron chi connectivity index (χ4n) is 3.44. The largest absolute Gasteiger partial charge is 0.494 e. The van der Waals surface area contributed by atoms with Crippen molar-refractivity contribution in [2.45, 2.75) is 6.92 Å². The first-order valence-corrected chi connectivity index (χ1v) is 8.48. The maximum atomic E-state index is 13.6. The van der Waals surface area contributed by atoms with E-state index in [1.807, 2.05) is 36.4 Å². The van der Waals surface area contributed by atoms with Crippen molar-refractivity contribution in [2.24, 2.45) is 0 Å². The van der Waals surface area contributed by atoms with E-state index in [2.05, 4.69) is 4.98 Å². The summed E-state index contributed by atoms with van der Waals surface area (Å²) in [7, 11) is 0. The molecule has 1 aliphatic rings. The molecule has 0 radical (unpaired) electrons. The Bertz CT molecular complexity index is 1320. The van der Waals surface area contributed by atoms with E-state index in [0.29, 0.717) is 27.7 Å². The Morgan fingerprint density at radius 3 is 2.78 bits per heavy atom. The highest BCUT2D eigenvalue weighted by Gasteiger charge is 2.19. The normalized spacial score (nSPS) is 13.2. The molecule has 1 aromatic carbocycles. The van der Waals surface area contributed by atoms with Gasteiger partial charge in [0.2, 0.25) is 11.8 Å². The first-order valence-electron chi connectivity index (χ1n) is 8.48. The molecule has 6 heteroatoms. The van der Waals surface area contributed by atoms with Gasteiger partial charge in [-0.3, -0.25) is 4.57 Å². The maximum Gasteiger partial charge on any atom is 0.215 e. The number of nitrogens with two attached hydrogens (primary N) is 1. The average Bonchev–Trinajstić information content (AvgIpc) is 2.92. The fourth-order valence-corrected chi connectivity index (χ4v) is 3.44. The number of para-hydroxylation sites is 1. The predicted molar refractivity (Wildman–Crippen MR) is 105 cm³/mol. The molecule has 27 heavy (non-hydrogen) atoms. The first kappa shape index (κ1) is 15.6. The van der Waals surface area contributed by atoms with Gasteiger partial charge in [0.1, 0.15) is 0 Å². The summed E-state index contributed by atoms with van der Waals surface area (Å²) in [4.78, 5) is 8.58. The topological polar surface area (TPSA) is 77.0 Å². The van der Waals surface area contributed by atoms with Gasteiger partial charge in [0.15, 0.2) is 0 Å². The zero-order chi connectivity index (χ0) is 18.7. The van der Waals surface area contributed by atoms with E-state index in [4.69, 9.17) is 10.7 Å². The molecule has 0 atom stereocenters. The molecule has 0 saturated heterocycles. The summed E-state index contributed by atoms with van der Waals surface area (Å²) in [6.45, 7) is 1.68. The monoisotopic (exact) mass is 358 g/mol. The van der Waals surface area contributed by atoms with Crippen molar-refractivity contribution in [3.05, 3.63) is 66.4 Å². The van der Waals surface area contributed by atoms with Gasteiger partial charge in [0.05, 0.1) is 22.1 Å². The first-order chi connectivity index (χ1) is 13.0. The summed E-state index contributed by atoms with van der Waals surface area (Å²) >= 11 is 0. The van der Waals surface area contributed by atoms with E-state index in [9.17, 15) is 9.50 Å². The van der Waals surface area contributed by atoms with E-state index in [-0.39, 0.29) is 5.88 Å². The van der Waals surface area contributed by atoms with Gasteiger partial charge in [-0.25, -0.2) is 9.97 Å². The zero-order valence-corrected chi connectivity index (χ0v) is 14.4. The second-order valence-corrected chi connectivity index (χ2v) is 6.59. The van der Waals surface area contributed by atoms with Crippen LogP contribution in [0.1, 0.15) is 5.56 Å². The summed E-state index contributed by atoms with van der Waals surface area (Å²) in [5, 5.41) is 11.9. The van der Waals surface area contributed by atoms with Crippen LogP contribution in [0, 0.1) is 12.9 Å². The Balaban J connectivity index is 1.83. The van der Waals surface area contributed by atoms with E-state index < -0.39 is 5.95 Å². The van der Waals surface area contributed by atoms with Crippen LogP contribution in [0.15, 0.2) is 54.9 Å². The molecule has 132 valence electrons. The maximum absolute atomic E-state index is 13.6. The molecule has 4 aromatic rings. The number of pyridine rings is 2. The van der Waals surface area contributed by atoms with E-state index in [1.54, 1.807) is 23.8 Å². The van der Waals surface area contributed by atoms with Crippen molar-refractivity contribution in [1.29, 1.82) is 0 Å². The van der Waals surface area contributed by atoms with Crippen LogP contribution < -0.4 is 5.73 Å². The second-order valence-electron chi connectivity index (χ2n) is 6.59. The minimum Gasteiger partial charge on any atom is -0.494 e. The van der Waals surface area contributed by atoms with Crippen LogP contribution in [-0.4, -0.2) is 19.6 Å². The zero-order valence-electron chi connectivity index (χ0n) is 14.4. The number of benzene rings is 1. The highest BCUT2D eigenvalue weighted by atomic mass is 19.1. The molecule has 0 bridgehead atoms. The summed E-state index contributed by atoms with van der Waals surface area (Å²) < 4.78 is 15.2. The van der Waals surface area contributed by atoms with Gasteiger partial charge in [-0.2, -0.15) is 4.39 Å². The Labute approximate surface area is 153 Å². The third kappa shape index (κ3) is 2.16. The van der Waals surface area contributed by atoms with Crippen LogP contribution in [0.3, 0.4) is 0 Å². The Morgan fingerprint density at radius 1 is 1.26 bits per heavy atom. The smallest absolute Gasteiger partial charge is 0.215 e. The van der Waals surface area contributed by atoms with Crippen LogP contribution in [0.5, 0.6) is 5.88 Å². The number of aryl methyl sites for hydroxylation is 1. The van der Waals surface area contributed by atoms with Gasteiger partial charge in [-0.05, 0) is 25.1 Å². The van der Waals surface area contributed by atoms with Gasteiger partial charge in [0.25, 0.3) is 0 Å². The molecule has 3 N–H and O–H groups in total. The number of allylic oxidation sites excluding steroid dienone is 4. The van der Waals surface area contributed by atoms with Crippen molar-refractivity contribution >= 4 is 33.2 Å². The number of hydrogen-bond donors (Lipinski definition) is 2. The lowest BCUT2D eigenvalue weighted by molar-refractivity contribution is 0.450. The van der Waals surface area contributed by atoms with Gasteiger partial charge < -0.3 is 10.8 Å². The molecular weight excluding hydrogens is 343 g/mol. The number of aromatic nitrogens is 3. The van der Waals surface area contributed by atoms with Crippen molar-refractivity contribution in [1.82, 2.24) is 14.5 Å². The number of anilines is 1. The lowest BCUT2D eigenvalue weighted by Gasteiger charge is -2.10. The minimum absolute atomic E-state index is 0.0668. The second kappa shape index (κ2) is 5.41. The Kier molecular flexibility index (Phi) is 3.12. The molecule has 3 heterocycles. The molecular formula is C21H15FN4O. The van der Waals surface area contributed by atoms with E-state index in [1.165, 1.54) is 6.20 Å². The highest BCUT2D eigenvalue weighted by molar-refractivity contribution is 6.12. The molecule has 0 saturated carbocycles. The fraction of sp³-hybridized carbons (Fsp3) is 0.0476. The number of rotatable bonds is 2. The molecule has 0 aliphatic heterocycles. The third-order valence-corrected chi connectivity index (χ3v) is 4.92. The standard InChI is InChI=1S/C21H15FN4O/c1-11-8-12(9-24-20(11)22)14-6-3-7-15-18(23)17-16(25-19(14)15)10-26(21(17)27)13-4-2-5-13/h2-10,27H,23H2,1H3. The van der Waals surface area contributed by atoms with Crippen LogP contribution in [0.4, 0.5) is 10.1 Å². The van der Waals surface area contributed by atoms with E-state index >= 15 is 0 Å². The molecule has 5 rings (SSSR count). The lowest BCUT2D eigenvalue weighted by Crippen LogP contribution is -1.95. The Morgan fingerprint density at radius 2 is 2.07 bits per heavy atom. The van der Waals surface area contributed by atoms with Crippen LogP contribution in [0.2, 0.25) is 0 Å². The van der Waals surface area contributed by atoms with Crippen molar-refractivity contribution < 1.29 is 9.50 Å². The number of hydrogen-bond acceptors (Lipinski definition) is 4. The van der Waals surface area contributed by atoms with Gasteiger partial charge in [0, 0.05) is 40.2 Å². The average molecular weight is 358 g/mol. The minimum atomic E-state index is -0.488. The van der Waals surface area contributed by atoms with Crippen molar-refractivity contribution in [2.75, 3.05) is 5.73 Å². The quantitative estimate of drug-likeness (QED) is 0.521. The SMILES string of the molecule is Cc1cc(-c2cccc3c(N)c4c(O)n(C5=CC=C5)cc4nc23)cnc1F. The number of nitrogens with zero attached hydrogens (tertiary/aromatic N) is 3. The molecule has 5 nitrogen and oxygen atoms in total. The van der Waals surface area contributed by atoms with Gasteiger partial charge >= 0.3 is 0 Å². The molecule has 0 amide bonds. The highest BCUT2D eigenvalue weighted by Crippen LogP contribution is 2.40. The number of halogens is 1. The summed E-state index contributed by atoms with van der Waals surface area (Å²) in [5.74, 6) is -0.421. The Hall–Kier alpha value is -3.67. The van der Waals surface area contributed by atoms with Crippen LogP contribution >= 0.6 is 0 Å². The summed E-state index contributed by atoms with van der Waals surface area (Å²) in [6.07, 6.45) is 8.95. The molecule has 3 aromatic heterocycles. The van der Waals surface area contributed by atoms with Crippen molar-refractivity contribution in [3.8, 4) is 17.0 Å². The summed E-state index contributed by atoms with van der Waals surface area (Å²) in [6, 6.07) is 7.38. The van der Waals surface area contributed by atoms with Gasteiger partial charge in [-0.1, -0.05) is 24.3 Å². The van der Waals surface area contributed by atoms with Crippen molar-refractivity contribution in [3.63, 3.8) is 0 Å². The third-order valence-electron chi connectivity index (χ3n) is 4.92. The number of nitrogen functional groups attached to an aromatic ring is 1. The molecule has 0 spiro atoms. The van der Waals surface area contributed by atoms with Crippen LogP contribution in [0.25, 0.3) is 38.6 Å². The molecule has 0 unspecified atom stereocenters. The summed E-state index contributed by atoms with van der Waals surface area (Å²) in [5.41, 5.74) is 11.1. The van der Waals surface area contributed by atoms with Gasteiger partial charge in [-0.15, -0.1) is 0 Å². The molecule has 0 fully saturated rings. The van der Waals surface area contributed by atoms with E-state index in [0.717, 1.165) is 22.2 Å². The number of aromatic hydroxyl groups is 1. The predicted octanol–water partition coefficient (Wildman–Crippen LogP) is 4.40. The molecule has 1 aliphatic carbocycles. The van der Waals surface area contributed by atoms with Crippen LogP contribution in [-0.2, 0) is 0 Å². The number of fused-ring (bicyclic) bond motifs is 2.